The van der Waals surface area contributed by atoms with Crippen LogP contribution in [0, 0.1) is 12.3 Å². The number of hydrogen-bond acceptors (Lipinski definition) is 5. The van der Waals surface area contributed by atoms with E-state index in [0.717, 1.165) is 38.2 Å². The van der Waals surface area contributed by atoms with Crippen molar-refractivity contribution in [1.82, 2.24) is 15.1 Å². The molecule has 0 bridgehead atoms. The van der Waals surface area contributed by atoms with Gasteiger partial charge in [-0.3, -0.25) is 9.48 Å². The molecule has 24 heavy (non-hydrogen) atoms. The first kappa shape index (κ1) is 16.5. The second-order valence-corrected chi connectivity index (χ2v) is 6.55. The Morgan fingerprint density at radius 2 is 2.33 bits per heavy atom. The third-order valence-electron chi connectivity index (χ3n) is 4.71. The average molecular weight is 328 g/mol. The Hall–Kier alpha value is -2.36. The highest BCUT2D eigenvalue weighted by Crippen LogP contribution is 2.37. The Bertz CT molecular complexity index is 652. The second-order valence-electron chi connectivity index (χ2n) is 6.55. The number of amides is 1. The number of aryl methyl sites for hydroxylation is 1. The van der Waals surface area contributed by atoms with Gasteiger partial charge in [-0.1, -0.05) is 0 Å². The molecule has 128 valence electrons. The van der Waals surface area contributed by atoms with Crippen LogP contribution in [-0.2, 0) is 11.8 Å². The first-order chi connectivity index (χ1) is 11.6. The van der Waals surface area contributed by atoms with Crippen molar-refractivity contribution in [2.75, 3.05) is 18.0 Å². The molecule has 0 aliphatic carbocycles. The molecule has 1 fully saturated rings. The van der Waals surface area contributed by atoms with E-state index >= 15 is 0 Å². The standard InChI is InChI=1S/C17H24N6O/c1-3-4-9-17(20-21-17)10-7-15(24)19-14-6-5-12-23(13-14)16-8-11-18-22(16)2/h1,8,11,14H,4-7,9-10,12-13H2,2H3,(H,19,24). The zero-order chi connectivity index (χ0) is 17.0. The number of carbonyl (C=O) groups is 1. The van der Waals surface area contributed by atoms with Gasteiger partial charge in [0.25, 0.3) is 0 Å². The minimum atomic E-state index is -0.378. The molecule has 3 rings (SSSR count). The second kappa shape index (κ2) is 7.04. The molecule has 1 N–H and O–H groups in total. The predicted octanol–water partition coefficient (Wildman–Crippen LogP) is 1.86. The van der Waals surface area contributed by atoms with Gasteiger partial charge < -0.3 is 10.2 Å². The smallest absolute Gasteiger partial charge is 0.220 e. The largest absolute Gasteiger partial charge is 0.355 e. The van der Waals surface area contributed by atoms with E-state index in [0.29, 0.717) is 19.3 Å². The number of carbonyl (C=O) groups excluding carboxylic acids is 1. The lowest BCUT2D eigenvalue weighted by atomic mass is 10.0. The van der Waals surface area contributed by atoms with Crippen LogP contribution >= 0.6 is 0 Å². The number of hydrogen-bond donors (Lipinski definition) is 1. The number of rotatable bonds is 7. The van der Waals surface area contributed by atoms with Crippen LogP contribution in [0.2, 0.25) is 0 Å². The maximum absolute atomic E-state index is 12.2. The zero-order valence-corrected chi connectivity index (χ0v) is 14.1. The van der Waals surface area contributed by atoms with Crippen molar-refractivity contribution in [2.45, 2.75) is 50.2 Å². The molecule has 3 heterocycles. The minimum absolute atomic E-state index is 0.0734. The highest BCUT2D eigenvalue weighted by molar-refractivity contribution is 5.76. The first-order valence-corrected chi connectivity index (χ1v) is 8.52. The fourth-order valence-corrected chi connectivity index (χ4v) is 3.26. The normalized spacial score (nSPS) is 21.3. The number of anilines is 1. The minimum Gasteiger partial charge on any atom is -0.355 e. The van der Waals surface area contributed by atoms with Crippen molar-refractivity contribution in [3.63, 3.8) is 0 Å². The Labute approximate surface area is 142 Å². The van der Waals surface area contributed by atoms with Crippen molar-refractivity contribution in [3.05, 3.63) is 12.3 Å². The molecule has 0 saturated carbocycles. The van der Waals surface area contributed by atoms with Crippen LogP contribution in [0.5, 0.6) is 0 Å². The highest BCUT2D eigenvalue weighted by Gasteiger charge is 2.39. The Kier molecular flexibility index (Phi) is 4.84. The van der Waals surface area contributed by atoms with E-state index in [1.807, 2.05) is 17.8 Å². The molecule has 2 aliphatic heterocycles. The van der Waals surface area contributed by atoms with E-state index in [4.69, 9.17) is 6.42 Å². The molecule has 2 aliphatic rings. The number of terminal acetylenes is 1. The zero-order valence-electron chi connectivity index (χ0n) is 14.1. The highest BCUT2D eigenvalue weighted by atomic mass is 16.1. The van der Waals surface area contributed by atoms with Crippen molar-refractivity contribution in [1.29, 1.82) is 0 Å². The summed E-state index contributed by atoms with van der Waals surface area (Å²) in [6, 6.07) is 2.19. The molecule has 1 unspecified atom stereocenters. The fraction of sp³-hybridized carbons (Fsp3) is 0.647. The van der Waals surface area contributed by atoms with Crippen LogP contribution in [0.25, 0.3) is 0 Å². The molecule has 1 aromatic rings. The summed E-state index contributed by atoms with van der Waals surface area (Å²) in [5.74, 6) is 3.78. The fourth-order valence-electron chi connectivity index (χ4n) is 3.26. The average Bonchev–Trinajstić information content (AvgIpc) is 3.23. The molecule has 0 radical (unpaired) electrons. The van der Waals surface area contributed by atoms with Gasteiger partial charge in [-0.2, -0.15) is 15.3 Å². The summed E-state index contributed by atoms with van der Waals surface area (Å²) >= 11 is 0. The van der Waals surface area contributed by atoms with E-state index in [-0.39, 0.29) is 17.6 Å². The first-order valence-electron chi connectivity index (χ1n) is 8.52. The van der Waals surface area contributed by atoms with Gasteiger partial charge in [0.05, 0.1) is 6.20 Å². The summed E-state index contributed by atoms with van der Waals surface area (Å²) in [7, 11) is 1.94. The molecular formula is C17H24N6O. The number of nitrogens with one attached hydrogen (secondary N) is 1. The Balaban J connectivity index is 1.45. The van der Waals surface area contributed by atoms with Gasteiger partial charge in [0.1, 0.15) is 5.82 Å². The molecule has 1 atom stereocenters. The van der Waals surface area contributed by atoms with Gasteiger partial charge in [0.2, 0.25) is 5.91 Å². The van der Waals surface area contributed by atoms with Crippen LogP contribution < -0.4 is 10.2 Å². The summed E-state index contributed by atoms with van der Waals surface area (Å²) in [6.45, 7) is 1.82. The number of piperidine rings is 1. The van der Waals surface area contributed by atoms with Crippen LogP contribution in [0.1, 0.15) is 38.5 Å². The van der Waals surface area contributed by atoms with E-state index < -0.39 is 0 Å². The van der Waals surface area contributed by atoms with Crippen molar-refractivity contribution in [2.24, 2.45) is 17.3 Å². The summed E-state index contributed by atoms with van der Waals surface area (Å²) in [6.07, 6.45) is 11.6. The molecule has 1 saturated heterocycles. The molecule has 0 aromatic carbocycles. The quantitative estimate of drug-likeness (QED) is 0.776. The molecule has 0 spiro atoms. The third-order valence-corrected chi connectivity index (χ3v) is 4.71. The summed E-state index contributed by atoms with van der Waals surface area (Å²) < 4.78 is 1.87. The van der Waals surface area contributed by atoms with Crippen molar-refractivity contribution in [3.8, 4) is 12.3 Å². The number of nitrogens with zero attached hydrogens (tertiary/aromatic N) is 5. The van der Waals surface area contributed by atoms with E-state index in [2.05, 4.69) is 31.5 Å². The number of aromatic nitrogens is 2. The maximum atomic E-state index is 12.2. The maximum Gasteiger partial charge on any atom is 0.220 e. The van der Waals surface area contributed by atoms with Crippen LogP contribution in [0.15, 0.2) is 22.5 Å². The lowest BCUT2D eigenvalue weighted by Crippen LogP contribution is -2.48. The third kappa shape index (κ3) is 3.94. The van der Waals surface area contributed by atoms with E-state index in [1.54, 1.807) is 6.20 Å². The lowest BCUT2D eigenvalue weighted by Gasteiger charge is -2.34. The van der Waals surface area contributed by atoms with Crippen molar-refractivity contribution >= 4 is 11.7 Å². The van der Waals surface area contributed by atoms with Gasteiger partial charge in [0, 0.05) is 57.9 Å². The molecule has 1 amide bonds. The lowest BCUT2D eigenvalue weighted by molar-refractivity contribution is -0.122. The van der Waals surface area contributed by atoms with Crippen LogP contribution in [-0.4, -0.2) is 40.5 Å². The predicted molar refractivity (Wildman–Crippen MR) is 91.5 cm³/mol. The molecule has 7 nitrogen and oxygen atoms in total. The summed E-state index contributed by atoms with van der Waals surface area (Å²) in [5, 5.41) is 15.5. The molecule has 1 aromatic heterocycles. The van der Waals surface area contributed by atoms with E-state index in [9.17, 15) is 4.79 Å². The van der Waals surface area contributed by atoms with Crippen LogP contribution in [0.4, 0.5) is 5.82 Å². The van der Waals surface area contributed by atoms with Gasteiger partial charge in [-0.15, -0.1) is 12.3 Å². The summed E-state index contributed by atoms with van der Waals surface area (Å²) in [5.41, 5.74) is -0.378. The summed E-state index contributed by atoms with van der Waals surface area (Å²) in [4.78, 5) is 14.5. The Morgan fingerprint density at radius 3 is 3.00 bits per heavy atom. The van der Waals surface area contributed by atoms with Gasteiger partial charge in [-0.25, -0.2) is 0 Å². The SMILES string of the molecule is C#CCCC1(CCC(=O)NC2CCCN(c3ccnn3C)C2)N=N1. The van der Waals surface area contributed by atoms with Crippen LogP contribution in [0.3, 0.4) is 0 Å². The molecular weight excluding hydrogens is 304 g/mol. The Morgan fingerprint density at radius 1 is 1.50 bits per heavy atom. The van der Waals surface area contributed by atoms with E-state index in [1.165, 1.54) is 0 Å². The monoisotopic (exact) mass is 328 g/mol. The van der Waals surface area contributed by atoms with Gasteiger partial charge in [0.15, 0.2) is 5.66 Å². The van der Waals surface area contributed by atoms with Gasteiger partial charge >= 0.3 is 0 Å². The molecule has 7 heteroatoms. The van der Waals surface area contributed by atoms with Crippen molar-refractivity contribution < 1.29 is 4.79 Å². The topological polar surface area (TPSA) is 74.9 Å². The van der Waals surface area contributed by atoms with Gasteiger partial charge in [-0.05, 0) is 12.8 Å².